The van der Waals surface area contributed by atoms with Gasteiger partial charge in [0.25, 0.3) is 0 Å². The molecule has 0 aliphatic rings. The number of urea groups is 1. The predicted octanol–water partition coefficient (Wildman–Crippen LogP) is 4.29. The first kappa shape index (κ1) is 19.8. The van der Waals surface area contributed by atoms with E-state index in [1.54, 1.807) is 26.3 Å². The molecule has 0 spiro atoms. The normalized spacial score (nSPS) is 10.1. The van der Waals surface area contributed by atoms with Crippen LogP contribution in [0.15, 0.2) is 30.3 Å². The quantitative estimate of drug-likeness (QED) is 0.649. The largest absolute Gasteiger partial charge is 0.496 e. The van der Waals surface area contributed by atoms with Crippen molar-refractivity contribution >= 4 is 11.7 Å². The number of carbonyl (C=O) groups is 1. The number of carbonyl (C=O) groups excluding carboxylic acids is 1. The summed E-state index contributed by atoms with van der Waals surface area (Å²) in [4.78, 5) is 13.3. The number of anilines is 1. The van der Waals surface area contributed by atoms with E-state index in [4.69, 9.17) is 10.00 Å². The lowest BCUT2D eigenvalue weighted by Gasteiger charge is -2.22. The highest BCUT2D eigenvalue weighted by molar-refractivity contribution is 5.96. The van der Waals surface area contributed by atoms with E-state index in [-0.39, 0.29) is 0 Å². The second-order valence-electron chi connectivity index (χ2n) is 6.47. The standard InChI is InChI=1S/C21H22N4O2/c1-13(2)15-6-8-16(9-7-15)17-10-19(25(4)21(26)24-12-23)18(11-22)14(3)20(17)27-5/h6-10,13H,1-5H3,(H,24,26). The zero-order chi connectivity index (χ0) is 20.1. The Labute approximate surface area is 159 Å². The molecule has 0 heterocycles. The maximum Gasteiger partial charge on any atom is 0.334 e. The molecule has 0 unspecified atom stereocenters. The van der Waals surface area contributed by atoms with Crippen molar-refractivity contribution in [3.8, 4) is 29.1 Å². The number of nitrogens with zero attached hydrogens (tertiary/aromatic N) is 3. The molecular formula is C21H22N4O2. The molecule has 2 rings (SSSR count). The van der Waals surface area contributed by atoms with Gasteiger partial charge in [-0.25, -0.2) is 10.1 Å². The number of rotatable bonds is 4. The molecule has 2 aromatic carbocycles. The number of nitriles is 2. The number of amides is 2. The van der Waals surface area contributed by atoms with Crippen LogP contribution in [0.5, 0.6) is 5.75 Å². The molecule has 0 bridgehead atoms. The third-order valence-electron chi connectivity index (χ3n) is 4.53. The zero-order valence-corrected chi connectivity index (χ0v) is 16.1. The lowest BCUT2D eigenvalue weighted by molar-refractivity contribution is 0.251. The van der Waals surface area contributed by atoms with Crippen LogP contribution in [0.2, 0.25) is 0 Å². The van der Waals surface area contributed by atoms with E-state index in [1.807, 2.05) is 12.1 Å². The first-order valence-electron chi connectivity index (χ1n) is 8.50. The summed E-state index contributed by atoms with van der Waals surface area (Å²) in [5, 5.41) is 20.4. The first-order chi connectivity index (χ1) is 12.8. The number of methoxy groups -OCH3 is 1. The van der Waals surface area contributed by atoms with Crippen LogP contribution in [-0.4, -0.2) is 20.2 Å². The van der Waals surface area contributed by atoms with Crippen molar-refractivity contribution in [2.75, 3.05) is 19.1 Å². The summed E-state index contributed by atoms with van der Waals surface area (Å²) in [5.74, 6) is 1.00. The van der Waals surface area contributed by atoms with Gasteiger partial charge in [-0.1, -0.05) is 38.1 Å². The summed E-state index contributed by atoms with van der Waals surface area (Å²) in [6.07, 6.45) is 1.61. The molecule has 138 valence electrons. The molecular weight excluding hydrogens is 340 g/mol. The van der Waals surface area contributed by atoms with Gasteiger partial charge >= 0.3 is 6.03 Å². The average molecular weight is 362 g/mol. The summed E-state index contributed by atoms with van der Waals surface area (Å²) < 4.78 is 5.57. The Morgan fingerprint density at radius 1 is 1.22 bits per heavy atom. The van der Waals surface area contributed by atoms with Crippen LogP contribution in [-0.2, 0) is 0 Å². The van der Waals surface area contributed by atoms with Gasteiger partial charge in [-0.3, -0.25) is 4.90 Å². The van der Waals surface area contributed by atoms with Crippen LogP contribution in [0.4, 0.5) is 10.5 Å². The van der Waals surface area contributed by atoms with Crippen molar-refractivity contribution in [3.63, 3.8) is 0 Å². The molecule has 1 N–H and O–H groups in total. The number of benzene rings is 2. The third-order valence-corrected chi connectivity index (χ3v) is 4.53. The van der Waals surface area contributed by atoms with Gasteiger partial charge in [0.05, 0.1) is 18.4 Å². The van der Waals surface area contributed by atoms with Crippen molar-refractivity contribution in [2.24, 2.45) is 0 Å². The average Bonchev–Trinajstić information content (AvgIpc) is 2.66. The van der Waals surface area contributed by atoms with E-state index in [0.717, 1.165) is 11.1 Å². The van der Waals surface area contributed by atoms with Crippen LogP contribution < -0.4 is 15.0 Å². The Kier molecular flexibility index (Phi) is 6.05. The van der Waals surface area contributed by atoms with E-state index >= 15 is 0 Å². The first-order valence-corrected chi connectivity index (χ1v) is 8.50. The topological polar surface area (TPSA) is 89.2 Å². The molecule has 0 saturated heterocycles. The molecule has 6 nitrogen and oxygen atoms in total. The van der Waals surface area contributed by atoms with Crippen LogP contribution in [0.25, 0.3) is 11.1 Å². The minimum Gasteiger partial charge on any atom is -0.496 e. The van der Waals surface area contributed by atoms with Gasteiger partial charge in [-0.15, -0.1) is 0 Å². The summed E-state index contributed by atoms with van der Waals surface area (Å²) in [6.45, 7) is 6.04. The smallest absolute Gasteiger partial charge is 0.334 e. The molecule has 6 heteroatoms. The Bertz CT molecular complexity index is 935. The fourth-order valence-corrected chi connectivity index (χ4v) is 2.95. The summed E-state index contributed by atoms with van der Waals surface area (Å²) in [5.41, 5.74) is 4.28. The van der Waals surface area contributed by atoms with E-state index in [1.165, 1.54) is 17.5 Å². The van der Waals surface area contributed by atoms with Crippen LogP contribution in [0.1, 0.15) is 36.5 Å². The molecule has 2 aromatic rings. The Hall–Kier alpha value is -3.51. The Morgan fingerprint density at radius 2 is 1.85 bits per heavy atom. The van der Waals surface area contributed by atoms with Gasteiger partial charge in [0.1, 0.15) is 11.8 Å². The Balaban J connectivity index is 2.69. The highest BCUT2D eigenvalue weighted by atomic mass is 16.5. The van der Waals surface area contributed by atoms with E-state index in [9.17, 15) is 10.1 Å². The van der Waals surface area contributed by atoms with Crippen molar-refractivity contribution in [1.29, 1.82) is 10.5 Å². The fourth-order valence-electron chi connectivity index (χ4n) is 2.95. The van der Waals surface area contributed by atoms with Gasteiger partial charge in [-0.2, -0.15) is 10.5 Å². The Morgan fingerprint density at radius 3 is 2.33 bits per heavy atom. The highest BCUT2D eigenvalue weighted by Crippen LogP contribution is 2.40. The van der Waals surface area contributed by atoms with Crippen molar-refractivity contribution < 1.29 is 9.53 Å². The third kappa shape index (κ3) is 3.86. The maximum absolute atomic E-state index is 12.1. The second-order valence-corrected chi connectivity index (χ2v) is 6.47. The predicted molar refractivity (Wildman–Crippen MR) is 105 cm³/mol. The van der Waals surface area contributed by atoms with Gasteiger partial charge in [0.15, 0.2) is 6.19 Å². The van der Waals surface area contributed by atoms with Crippen LogP contribution >= 0.6 is 0 Å². The van der Waals surface area contributed by atoms with Crippen LogP contribution in [0, 0.1) is 29.7 Å². The van der Waals surface area contributed by atoms with Gasteiger partial charge in [0, 0.05) is 18.2 Å². The van der Waals surface area contributed by atoms with Gasteiger partial charge < -0.3 is 4.74 Å². The van der Waals surface area contributed by atoms with E-state index in [2.05, 4.69) is 37.4 Å². The molecule has 0 aliphatic carbocycles. The van der Waals surface area contributed by atoms with Crippen molar-refractivity contribution in [1.82, 2.24) is 5.32 Å². The molecule has 0 radical (unpaired) electrons. The fraction of sp³-hybridized carbons (Fsp3) is 0.286. The minimum absolute atomic E-state index is 0.324. The molecule has 0 saturated carbocycles. The van der Waals surface area contributed by atoms with Crippen molar-refractivity contribution in [2.45, 2.75) is 26.7 Å². The zero-order valence-electron chi connectivity index (χ0n) is 16.1. The summed E-state index contributed by atoms with van der Waals surface area (Å²) in [6, 6.07) is 11.4. The monoisotopic (exact) mass is 362 g/mol. The van der Waals surface area contributed by atoms with E-state index < -0.39 is 6.03 Å². The number of hydrogen-bond donors (Lipinski definition) is 1. The molecule has 2 amide bonds. The lowest BCUT2D eigenvalue weighted by Crippen LogP contribution is -2.35. The van der Waals surface area contributed by atoms with Crippen LogP contribution in [0.3, 0.4) is 0 Å². The van der Waals surface area contributed by atoms with Gasteiger partial charge in [0.2, 0.25) is 0 Å². The number of nitrogens with one attached hydrogen (secondary N) is 1. The highest BCUT2D eigenvalue weighted by Gasteiger charge is 2.22. The summed E-state index contributed by atoms with van der Waals surface area (Å²) >= 11 is 0. The molecule has 0 fully saturated rings. The second kappa shape index (κ2) is 8.25. The van der Waals surface area contributed by atoms with E-state index in [0.29, 0.717) is 28.5 Å². The maximum atomic E-state index is 12.1. The number of ether oxygens (including phenoxy) is 1. The van der Waals surface area contributed by atoms with Crippen molar-refractivity contribution in [3.05, 3.63) is 47.0 Å². The SMILES string of the molecule is COc1c(-c2ccc(C(C)C)cc2)cc(N(C)C(=O)NC#N)c(C#N)c1C. The summed E-state index contributed by atoms with van der Waals surface area (Å²) in [7, 11) is 3.07. The molecule has 0 aromatic heterocycles. The minimum atomic E-state index is -0.611. The molecule has 0 atom stereocenters. The molecule has 27 heavy (non-hydrogen) atoms. The van der Waals surface area contributed by atoms with Gasteiger partial charge in [-0.05, 0) is 30.0 Å². The number of hydrogen-bond acceptors (Lipinski definition) is 4. The molecule has 0 aliphatic heterocycles. The lowest BCUT2D eigenvalue weighted by atomic mass is 9.94.